The van der Waals surface area contributed by atoms with Gasteiger partial charge in [-0.25, -0.2) is 0 Å². The Morgan fingerprint density at radius 3 is 1.76 bits per heavy atom. The molecule has 8 heteroatoms. The third kappa shape index (κ3) is 6.79. The summed E-state index contributed by atoms with van der Waals surface area (Å²) in [4.78, 5) is 4.15. The van der Waals surface area contributed by atoms with Crippen LogP contribution >= 0.6 is 0 Å². The minimum absolute atomic E-state index is 0.142. The summed E-state index contributed by atoms with van der Waals surface area (Å²) in [5.74, 6) is 5.92. The van der Waals surface area contributed by atoms with E-state index in [9.17, 15) is 15.3 Å². The first-order valence-corrected chi connectivity index (χ1v) is 17.8. The first-order chi connectivity index (χ1) is 21.8. The molecular formula is C37H50N2O5V. The molecule has 7 nitrogen and oxygen atoms in total. The van der Waals surface area contributed by atoms with Gasteiger partial charge in [-0.2, -0.15) is 0 Å². The molecule has 8 fully saturated rings. The SMILES string of the molecule is OCCNCCN=Cc1ccccc1O.Oc1cc(C23CC4CC(CC(C4)C2)C3)cc(C23CC4CC(CC(C4)C2)C3)c1O.[O]=[V]. The van der Waals surface area contributed by atoms with Gasteiger partial charge in [-0.05, 0) is 147 Å². The van der Waals surface area contributed by atoms with Crippen molar-refractivity contribution >= 4 is 6.21 Å². The van der Waals surface area contributed by atoms with Crippen LogP contribution in [0.4, 0.5) is 0 Å². The van der Waals surface area contributed by atoms with Crippen LogP contribution in [-0.4, -0.2) is 52.9 Å². The fourth-order valence-electron chi connectivity index (χ4n) is 11.3. The van der Waals surface area contributed by atoms with Crippen molar-refractivity contribution in [3.05, 3.63) is 53.1 Å². The molecular weight excluding hydrogens is 603 g/mol. The molecule has 8 saturated carbocycles. The van der Waals surface area contributed by atoms with Crippen molar-refractivity contribution < 1.29 is 41.5 Å². The van der Waals surface area contributed by atoms with Gasteiger partial charge in [-0.3, -0.25) is 4.99 Å². The Labute approximate surface area is 277 Å². The molecule has 8 bridgehead atoms. The Morgan fingerprint density at radius 2 is 1.24 bits per heavy atom. The van der Waals surface area contributed by atoms with Crippen molar-refractivity contribution in [3.8, 4) is 17.2 Å². The van der Waals surface area contributed by atoms with Gasteiger partial charge in [0.15, 0.2) is 11.5 Å². The number of phenols is 3. The Kier molecular flexibility index (Phi) is 10.1. The number of phenolic OH excluding ortho intramolecular Hbond substituents is 3. The summed E-state index contributed by atoms with van der Waals surface area (Å²) in [5.41, 5.74) is 3.68. The number of aliphatic imine (C=N–C) groups is 1. The fraction of sp³-hybridized carbons (Fsp3) is 0.649. The number of rotatable bonds is 8. The standard InChI is InChI=1S/C26H34O2.C11H16N2O2.O.V/c27-23-8-21(25-9-15-1-16(10-25)3-17(2-15)11-25)7-22(24(23)28)26-12-18-4-19(13-26)6-20(5-18)14-26;14-8-7-12-5-6-13-9-10-3-1-2-4-11(10)15;;/h7-8,15-20,27-28H,1-6,9-14H2;1-4,9,12,14-15H,5-8H2;;. The molecule has 0 unspecified atom stereocenters. The van der Waals surface area contributed by atoms with E-state index in [1.807, 2.05) is 12.1 Å². The molecule has 0 aromatic heterocycles. The van der Waals surface area contributed by atoms with E-state index in [4.69, 9.17) is 8.78 Å². The van der Waals surface area contributed by atoms with Crippen LogP contribution in [0.25, 0.3) is 0 Å². The van der Waals surface area contributed by atoms with Crippen LogP contribution in [0.5, 0.6) is 17.2 Å². The molecule has 10 rings (SSSR count). The Balaban J connectivity index is 0.000000180. The monoisotopic (exact) mass is 653 g/mol. The second-order valence-electron chi connectivity index (χ2n) is 15.4. The average Bonchev–Trinajstić information content (AvgIpc) is 3.01. The predicted molar refractivity (Wildman–Crippen MR) is 171 cm³/mol. The van der Waals surface area contributed by atoms with Gasteiger partial charge in [0.1, 0.15) is 5.75 Å². The van der Waals surface area contributed by atoms with Crippen LogP contribution in [0.15, 0.2) is 41.4 Å². The van der Waals surface area contributed by atoms with E-state index in [1.54, 1.807) is 24.4 Å². The first kappa shape index (κ1) is 32.7. The molecule has 2 aromatic rings. The number of aliphatic hydroxyl groups is 1. The number of nitrogens with zero attached hydrogens (tertiary/aromatic N) is 1. The second-order valence-corrected chi connectivity index (χ2v) is 15.4. The first-order valence-electron chi connectivity index (χ1n) is 17.2. The van der Waals surface area contributed by atoms with Gasteiger partial charge in [0.25, 0.3) is 0 Å². The zero-order valence-electron chi connectivity index (χ0n) is 26.4. The van der Waals surface area contributed by atoms with Crippen molar-refractivity contribution in [2.24, 2.45) is 40.5 Å². The van der Waals surface area contributed by atoms with E-state index < -0.39 is 0 Å². The molecule has 2 aromatic carbocycles. The summed E-state index contributed by atoms with van der Waals surface area (Å²) in [7, 11) is 0. The van der Waals surface area contributed by atoms with Crippen LogP contribution < -0.4 is 5.32 Å². The van der Waals surface area contributed by atoms with Crippen molar-refractivity contribution in [1.82, 2.24) is 5.32 Å². The number of hydrogen-bond donors (Lipinski definition) is 5. The second kappa shape index (κ2) is 13.9. The number of aliphatic hydroxyl groups excluding tert-OH is 1. The third-order valence-corrected chi connectivity index (χ3v) is 12.2. The van der Waals surface area contributed by atoms with Gasteiger partial charge < -0.3 is 25.7 Å². The van der Waals surface area contributed by atoms with Crippen LogP contribution in [-0.2, 0) is 31.9 Å². The van der Waals surface area contributed by atoms with E-state index in [0.717, 1.165) is 70.5 Å². The zero-order valence-corrected chi connectivity index (χ0v) is 27.8. The normalized spacial score (nSPS) is 35.1. The summed E-state index contributed by atoms with van der Waals surface area (Å²) < 4.78 is 8.19. The zero-order chi connectivity index (χ0) is 31.6. The maximum atomic E-state index is 11.0. The fourth-order valence-corrected chi connectivity index (χ4v) is 11.3. The molecule has 0 heterocycles. The van der Waals surface area contributed by atoms with Crippen LogP contribution in [0.1, 0.15) is 93.7 Å². The van der Waals surface area contributed by atoms with Gasteiger partial charge in [0.2, 0.25) is 0 Å². The molecule has 8 aliphatic rings. The Bertz CT molecular complexity index is 1290. The maximum absolute atomic E-state index is 11.0. The van der Waals surface area contributed by atoms with Gasteiger partial charge >= 0.3 is 21.0 Å². The summed E-state index contributed by atoms with van der Waals surface area (Å²) in [6.07, 6.45) is 18.0. The third-order valence-electron chi connectivity index (χ3n) is 12.2. The topological polar surface area (TPSA) is 122 Å². The quantitative estimate of drug-likeness (QED) is 0.129. The molecule has 0 radical (unpaired) electrons. The van der Waals surface area contributed by atoms with E-state index in [1.165, 1.54) is 82.6 Å². The van der Waals surface area contributed by atoms with Gasteiger partial charge in [-0.15, -0.1) is 0 Å². The molecule has 45 heavy (non-hydrogen) atoms. The molecule has 0 atom stereocenters. The van der Waals surface area contributed by atoms with Crippen LogP contribution in [0.2, 0.25) is 0 Å². The van der Waals surface area contributed by atoms with Gasteiger partial charge in [0.05, 0.1) is 13.2 Å². The predicted octanol–water partition coefficient (Wildman–Crippen LogP) is 6.31. The number of nitrogens with one attached hydrogen (secondary N) is 1. The van der Waals surface area contributed by atoms with Gasteiger partial charge in [-0.1, -0.05) is 18.2 Å². The summed E-state index contributed by atoms with van der Waals surface area (Å²) in [6.45, 7) is 2.09. The summed E-state index contributed by atoms with van der Waals surface area (Å²) >= 11 is 1.06. The molecule has 5 N–H and O–H groups in total. The molecule has 243 valence electrons. The molecule has 0 saturated heterocycles. The summed E-state index contributed by atoms with van der Waals surface area (Å²) in [6, 6.07) is 11.4. The number of aromatic hydroxyl groups is 3. The van der Waals surface area contributed by atoms with E-state index in [2.05, 4.69) is 16.4 Å². The number of hydrogen-bond acceptors (Lipinski definition) is 7. The van der Waals surface area contributed by atoms with E-state index in [-0.39, 0.29) is 34.7 Å². The number of benzene rings is 2. The number of para-hydroxylation sites is 1. The van der Waals surface area contributed by atoms with Crippen molar-refractivity contribution in [2.45, 2.75) is 87.9 Å². The van der Waals surface area contributed by atoms with Crippen molar-refractivity contribution in [3.63, 3.8) is 0 Å². The van der Waals surface area contributed by atoms with E-state index in [0.29, 0.717) is 13.1 Å². The average molecular weight is 654 g/mol. The molecule has 0 amide bonds. The molecule has 0 spiro atoms. The summed E-state index contributed by atoms with van der Waals surface area (Å²) in [5, 5.41) is 42.8. The van der Waals surface area contributed by atoms with Gasteiger partial charge in [0, 0.05) is 30.4 Å². The minimum atomic E-state index is 0.142. The molecule has 0 aliphatic heterocycles. The van der Waals surface area contributed by atoms with Crippen LogP contribution in [0, 0.1) is 35.5 Å². The van der Waals surface area contributed by atoms with Crippen molar-refractivity contribution in [2.75, 3.05) is 26.2 Å². The Morgan fingerprint density at radius 1 is 0.733 bits per heavy atom. The van der Waals surface area contributed by atoms with E-state index >= 15 is 0 Å². The van der Waals surface area contributed by atoms with Crippen molar-refractivity contribution in [1.29, 1.82) is 0 Å². The Hall–Kier alpha value is -2.19. The van der Waals surface area contributed by atoms with Crippen LogP contribution in [0.3, 0.4) is 0 Å². The molecule has 8 aliphatic carbocycles.